The van der Waals surface area contributed by atoms with E-state index in [9.17, 15) is 8.42 Å². The molecule has 0 unspecified atom stereocenters. The second kappa shape index (κ2) is 3.94. The van der Waals surface area contributed by atoms with Crippen molar-refractivity contribution in [2.24, 2.45) is 0 Å². The van der Waals surface area contributed by atoms with Crippen LogP contribution in [0.1, 0.15) is 11.5 Å². The van der Waals surface area contributed by atoms with Crippen LogP contribution in [0.25, 0.3) is 0 Å². The molecule has 0 aliphatic rings. The Morgan fingerprint density at radius 3 is 1.73 bits per heavy atom. The number of hydrogen-bond donors (Lipinski definition) is 0. The molecule has 4 nitrogen and oxygen atoms in total. The molecule has 0 aliphatic heterocycles. The van der Waals surface area contributed by atoms with Crippen LogP contribution in [-0.2, 0) is 21.3 Å². The Kier molecular flexibility index (Phi) is 2.64. The molecule has 0 aromatic carbocycles. The van der Waals surface area contributed by atoms with Crippen molar-refractivity contribution < 1.29 is 17.3 Å². The van der Waals surface area contributed by atoms with Crippen LogP contribution in [0.2, 0.25) is 0 Å². The molecule has 80 valence electrons. The molecule has 2 aromatic rings. The highest BCUT2D eigenvalue weighted by Crippen LogP contribution is 2.12. The van der Waals surface area contributed by atoms with Gasteiger partial charge in [-0.05, 0) is 24.3 Å². The lowest BCUT2D eigenvalue weighted by Crippen LogP contribution is -2.06. The van der Waals surface area contributed by atoms with Crippen LogP contribution >= 0.6 is 0 Å². The lowest BCUT2D eigenvalue weighted by Gasteiger charge is -1.99. The highest BCUT2D eigenvalue weighted by atomic mass is 32.2. The fourth-order valence-electron chi connectivity index (χ4n) is 1.27. The molecule has 0 spiro atoms. The quantitative estimate of drug-likeness (QED) is 0.799. The number of furan rings is 2. The molecule has 0 amide bonds. The van der Waals surface area contributed by atoms with Gasteiger partial charge in [0.15, 0.2) is 9.84 Å². The molecule has 0 aliphatic carbocycles. The predicted molar refractivity (Wildman–Crippen MR) is 53.7 cm³/mol. The molecule has 0 saturated carbocycles. The summed E-state index contributed by atoms with van der Waals surface area (Å²) in [6.07, 6.45) is 2.91. The normalized spacial score (nSPS) is 11.7. The van der Waals surface area contributed by atoms with Crippen molar-refractivity contribution in [1.82, 2.24) is 0 Å². The maximum absolute atomic E-state index is 11.6. The number of hydrogen-bond acceptors (Lipinski definition) is 4. The van der Waals surface area contributed by atoms with Gasteiger partial charge in [0.05, 0.1) is 12.5 Å². The molecule has 0 fully saturated rings. The second-order valence-corrected chi connectivity index (χ2v) is 5.26. The van der Waals surface area contributed by atoms with E-state index in [1.165, 1.54) is 12.5 Å². The van der Waals surface area contributed by atoms with Crippen molar-refractivity contribution in [1.29, 1.82) is 0 Å². The predicted octanol–water partition coefficient (Wildman–Crippen LogP) is 1.99. The van der Waals surface area contributed by atoms with Gasteiger partial charge >= 0.3 is 0 Å². The van der Waals surface area contributed by atoms with E-state index in [2.05, 4.69) is 0 Å². The standard InChI is InChI=1S/C10H10O4S/c11-15(12,7-9-3-1-5-13-9)8-10-4-2-6-14-10/h1-6H,7-8H2. The highest BCUT2D eigenvalue weighted by Gasteiger charge is 2.16. The Morgan fingerprint density at radius 1 is 0.933 bits per heavy atom. The van der Waals surface area contributed by atoms with E-state index < -0.39 is 9.84 Å². The van der Waals surface area contributed by atoms with Crippen LogP contribution < -0.4 is 0 Å². The van der Waals surface area contributed by atoms with Crippen LogP contribution in [0.4, 0.5) is 0 Å². The molecule has 0 atom stereocenters. The molecule has 2 aromatic heterocycles. The molecule has 2 heterocycles. The smallest absolute Gasteiger partial charge is 0.164 e. The summed E-state index contributed by atoms with van der Waals surface area (Å²) in [6.45, 7) is 0. The zero-order valence-electron chi connectivity index (χ0n) is 7.92. The molecule has 0 radical (unpaired) electrons. The Hall–Kier alpha value is -1.49. The zero-order valence-corrected chi connectivity index (χ0v) is 8.74. The van der Waals surface area contributed by atoms with E-state index in [1.54, 1.807) is 24.3 Å². The van der Waals surface area contributed by atoms with Crippen LogP contribution in [0, 0.1) is 0 Å². The van der Waals surface area contributed by atoms with Gasteiger partial charge < -0.3 is 8.83 Å². The molecule has 2 rings (SSSR count). The second-order valence-electron chi connectivity index (χ2n) is 3.19. The topological polar surface area (TPSA) is 60.4 Å². The molecule has 15 heavy (non-hydrogen) atoms. The molecule has 0 bridgehead atoms. The summed E-state index contributed by atoms with van der Waals surface area (Å²) < 4.78 is 33.2. The van der Waals surface area contributed by atoms with Crippen molar-refractivity contribution in [3.63, 3.8) is 0 Å². The lowest BCUT2D eigenvalue weighted by molar-refractivity contribution is 0.510. The van der Waals surface area contributed by atoms with Gasteiger partial charge in [-0.3, -0.25) is 0 Å². The molecule has 0 saturated heterocycles. The van der Waals surface area contributed by atoms with Crippen molar-refractivity contribution in [2.45, 2.75) is 11.5 Å². The lowest BCUT2D eigenvalue weighted by atomic mass is 10.5. The SMILES string of the molecule is O=S(=O)(Cc1ccco1)Cc1ccco1. The van der Waals surface area contributed by atoms with Crippen molar-refractivity contribution in [2.75, 3.05) is 0 Å². The third-order valence-corrected chi connectivity index (χ3v) is 3.33. The van der Waals surface area contributed by atoms with Gasteiger partial charge in [0, 0.05) is 0 Å². The summed E-state index contributed by atoms with van der Waals surface area (Å²) in [5, 5.41) is 0. The van der Waals surface area contributed by atoms with Gasteiger partial charge in [-0.15, -0.1) is 0 Å². The van der Waals surface area contributed by atoms with Crippen LogP contribution in [0.15, 0.2) is 45.6 Å². The molecule has 0 N–H and O–H groups in total. The van der Waals surface area contributed by atoms with Gasteiger partial charge in [-0.25, -0.2) is 8.42 Å². The van der Waals surface area contributed by atoms with E-state index >= 15 is 0 Å². The minimum atomic E-state index is -3.22. The first-order chi connectivity index (χ1) is 7.16. The molecular weight excluding hydrogens is 216 g/mol. The third-order valence-electron chi connectivity index (χ3n) is 1.88. The Morgan fingerprint density at radius 2 is 1.40 bits per heavy atom. The summed E-state index contributed by atoms with van der Waals surface area (Å²) in [5.41, 5.74) is 0. The zero-order chi connectivity index (χ0) is 10.7. The molecule has 5 heteroatoms. The van der Waals surface area contributed by atoms with Gasteiger partial charge in [0.25, 0.3) is 0 Å². The largest absolute Gasteiger partial charge is 0.468 e. The van der Waals surface area contributed by atoms with E-state index in [1.807, 2.05) is 0 Å². The fourth-order valence-corrected chi connectivity index (χ4v) is 2.57. The fraction of sp³-hybridized carbons (Fsp3) is 0.200. The van der Waals surface area contributed by atoms with E-state index in [0.717, 1.165) is 0 Å². The Labute approximate surface area is 87.4 Å². The van der Waals surface area contributed by atoms with E-state index in [4.69, 9.17) is 8.83 Å². The van der Waals surface area contributed by atoms with Gasteiger partial charge in [-0.2, -0.15) is 0 Å². The average molecular weight is 226 g/mol. The van der Waals surface area contributed by atoms with E-state index in [0.29, 0.717) is 11.5 Å². The van der Waals surface area contributed by atoms with Crippen molar-refractivity contribution >= 4 is 9.84 Å². The van der Waals surface area contributed by atoms with Gasteiger partial charge in [0.2, 0.25) is 0 Å². The van der Waals surface area contributed by atoms with Gasteiger partial charge in [-0.1, -0.05) is 0 Å². The Balaban J connectivity index is 2.08. The summed E-state index contributed by atoms with van der Waals surface area (Å²) in [6, 6.07) is 6.61. The van der Waals surface area contributed by atoms with Gasteiger partial charge in [0.1, 0.15) is 23.0 Å². The summed E-state index contributed by atoms with van der Waals surface area (Å²) in [7, 11) is -3.22. The third kappa shape index (κ3) is 2.73. The highest BCUT2D eigenvalue weighted by molar-refractivity contribution is 7.89. The minimum absolute atomic E-state index is 0.0965. The van der Waals surface area contributed by atoms with E-state index in [-0.39, 0.29) is 11.5 Å². The maximum atomic E-state index is 11.6. The number of sulfone groups is 1. The first-order valence-electron chi connectivity index (χ1n) is 4.41. The first kappa shape index (κ1) is 10.0. The maximum Gasteiger partial charge on any atom is 0.164 e. The van der Waals surface area contributed by atoms with Crippen molar-refractivity contribution in [3.8, 4) is 0 Å². The van der Waals surface area contributed by atoms with Crippen LogP contribution in [0.3, 0.4) is 0 Å². The summed E-state index contributed by atoms with van der Waals surface area (Å²) in [4.78, 5) is 0. The summed E-state index contributed by atoms with van der Waals surface area (Å²) in [5.74, 6) is 0.699. The average Bonchev–Trinajstić information content (AvgIpc) is 2.75. The number of rotatable bonds is 4. The first-order valence-corrected chi connectivity index (χ1v) is 6.23. The Bertz CT molecular complexity index is 451. The minimum Gasteiger partial charge on any atom is -0.468 e. The van der Waals surface area contributed by atoms with Crippen LogP contribution in [-0.4, -0.2) is 8.42 Å². The summed E-state index contributed by atoms with van der Waals surface area (Å²) >= 11 is 0. The monoisotopic (exact) mass is 226 g/mol. The van der Waals surface area contributed by atoms with Crippen molar-refractivity contribution in [3.05, 3.63) is 48.3 Å². The molecular formula is C10H10O4S. The van der Waals surface area contributed by atoms with Crippen LogP contribution in [0.5, 0.6) is 0 Å².